The summed E-state index contributed by atoms with van der Waals surface area (Å²) in [6.45, 7) is 5.71. The zero-order chi connectivity index (χ0) is 21.8. The summed E-state index contributed by atoms with van der Waals surface area (Å²) in [5, 5.41) is 12.0. The van der Waals surface area contributed by atoms with Crippen molar-refractivity contribution in [1.29, 1.82) is 0 Å². The van der Waals surface area contributed by atoms with Gasteiger partial charge in [-0.05, 0) is 79.6 Å². The molecule has 0 bridgehead atoms. The maximum absolute atomic E-state index is 12.6. The largest absolute Gasteiger partial charge is 0.504 e. The van der Waals surface area contributed by atoms with E-state index in [0.717, 1.165) is 27.8 Å². The van der Waals surface area contributed by atoms with Gasteiger partial charge in [0.2, 0.25) is 5.91 Å². The van der Waals surface area contributed by atoms with Gasteiger partial charge in [0, 0.05) is 5.69 Å². The van der Waals surface area contributed by atoms with Gasteiger partial charge in [-0.15, -0.1) is 0 Å². The average Bonchev–Trinajstić information content (AvgIpc) is 2.95. The Morgan fingerprint density at radius 1 is 1.17 bits per heavy atom. The highest BCUT2D eigenvalue weighted by Crippen LogP contribution is 2.34. The van der Waals surface area contributed by atoms with E-state index in [4.69, 9.17) is 4.74 Å². The maximum atomic E-state index is 12.6. The third kappa shape index (κ3) is 4.83. The first-order valence-corrected chi connectivity index (χ1v) is 10.2. The van der Waals surface area contributed by atoms with Crippen LogP contribution in [0.3, 0.4) is 0 Å². The van der Waals surface area contributed by atoms with Gasteiger partial charge in [0.05, 0.1) is 11.5 Å². The first-order chi connectivity index (χ1) is 14.3. The van der Waals surface area contributed by atoms with Crippen molar-refractivity contribution in [1.82, 2.24) is 4.90 Å². The lowest BCUT2D eigenvalue weighted by Crippen LogP contribution is -2.36. The number of imide groups is 1. The second kappa shape index (κ2) is 9.04. The van der Waals surface area contributed by atoms with E-state index in [2.05, 4.69) is 5.32 Å². The standard InChI is InChI=1S/C22H22N2O5S/c1-4-29-18-10-15(6-8-17(18)25)11-19-21(27)24(22(28)30-19)12-20(26)23-16-7-5-13(2)14(3)9-16/h5-11,25H,4,12H2,1-3H3,(H,23,26)/b19-11+. The molecule has 0 radical (unpaired) electrons. The van der Waals surface area contributed by atoms with Crippen molar-refractivity contribution in [2.75, 3.05) is 18.5 Å². The number of hydrogen-bond donors (Lipinski definition) is 2. The molecule has 7 nitrogen and oxygen atoms in total. The van der Waals surface area contributed by atoms with Crippen molar-refractivity contribution in [2.24, 2.45) is 0 Å². The molecular weight excluding hydrogens is 404 g/mol. The quantitative estimate of drug-likeness (QED) is 0.676. The summed E-state index contributed by atoms with van der Waals surface area (Å²) in [5.41, 5.74) is 3.34. The number of anilines is 1. The van der Waals surface area contributed by atoms with Crippen molar-refractivity contribution in [3.05, 3.63) is 58.0 Å². The summed E-state index contributed by atoms with van der Waals surface area (Å²) in [4.78, 5) is 38.4. The Labute approximate surface area is 178 Å². The molecule has 2 aromatic rings. The second-order valence-corrected chi connectivity index (χ2v) is 7.77. The number of ether oxygens (including phenoxy) is 1. The van der Waals surface area contributed by atoms with E-state index < -0.39 is 17.1 Å². The predicted molar refractivity (Wildman–Crippen MR) is 116 cm³/mol. The topological polar surface area (TPSA) is 95.9 Å². The number of thioether (sulfide) groups is 1. The minimum absolute atomic E-state index is 0.00915. The zero-order valence-corrected chi connectivity index (χ0v) is 17.7. The lowest BCUT2D eigenvalue weighted by molar-refractivity contribution is -0.127. The van der Waals surface area contributed by atoms with Crippen LogP contribution in [0.1, 0.15) is 23.6 Å². The highest BCUT2D eigenvalue weighted by molar-refractivity contribution is 8.18. The van der Waals surface area contributed by atoms with Crippen molar-refractivity contribution in [3.63, 3.8) is 0 Å². The number of benzene rings is 2. The van der Waals surface area contributed by atoms with Crippen molar-refractivity contribution < 1.29 is 24.2 Å². The Morgan fingerprint density at radius 2 is 1.93 bits per heavy atom. The smallest absolute Gasteiger partial charge is 0.294 e. The van der Waals surface area contributed by atoms with E-state index in [0.29, 0.717) is 23.6 Å². The number of rotatable bonds is 6. The molecule has 1 aliphatic rings. The zero-order valence-electron chi connectivity index (χ0n) is 16.9. The molecule has 0 unspecified atom stereocenters. The number of nitrogens with one attached hydrogen (secondary N) is 1. The van der Waals surface area contributed by atoms with E-state index >= 15 is 0 Å². The normalized spacial score (nSPS) is 15.0. The number of phenolic OH excluding ortho intramolecular Hbond substituents is 1. The highest BCUT2D eigenvalue weighted by Gasteiger charge is 2.36. The number of carbonyl (C=O) groups excluding carboxylic acids is 3. The van der Waals surface area contributed by atoms with E-state index in [1.807, 2.05) is 26.0 Å². The Morgan fingerprint density at radius 3 is 2.63 bits per heavy atom. The van der Waals surface area contributed by atoms with Gasteiger partial charge >= 0.3 is 0 Å². The summed E-state index contributed by atoms with van der Waals surface area (Å²) in [6, 6.07) is 10.1. The lowest BCUT2D eigenvalue weighted by Gasteiger charge is -2.13. The summed E-state index contributed by atoms with van der Waals surface area (Å²) in [6.07, 6.45) is 1.54. The molecule has 1 aliphatic heterocycles. The molecule has 2 N–H and O–H groups in total. The fourth-order valence-corrected chi connectivity index (χ4v) is 3.68. The molecule has 1 fully saturated rings. The number of nitrogens with zero attached hydrogens (tertiary/aromatic N) is 1. The Bertz CT molecular complexity index is 1050. The molecule has 1 heterocycles. The fourth-order valence-electron chi connectivity index (χ4n) is 2.84. The molecule has 156 valence electrons. The summed E-state index contributed by atoms with van der Waals surface area (Å²) in [7, 11) is 0. The SMILES string of the molecule is CCOc1cc(/C=C2/SC(=O)N(CC(=O)Nc3ccc(C)c(C)c3)C2=O)ccc1O. The van der Waals surface area contributed by atoms with Crippen molar-refractivity contribution in [2.45, 2.75) is 20.8 Å². The number of hydrogen-bond acceptors (Lipinski definition) is 6. The van der Waals surface area contributed by atoms with Gasteiger partial charge in [-0.3, -0.25) is 19.3 Å². The first-order valence-electron chi connectivity index (χ1n) is 9.36. The van der Waals surface area contributed by atoms with E-state index in [9.17, 15) is 19.5 Å². The molecule has 2 aromatic carbocycles. The minimum Gasteiger partial charge on any atom is -0.504 e. The molecule has 1 saturated heterocycles. The fraction of sp³-hybridized carbons (Fsp3) is 0.227. The van der Waals surface area contributed by atoms with E-state index in [-0.39, 0.29) is 17.2 Å². The van der Waals surface area contributed by atoms with Gasteiger partial charge in [-0.25, -0.2) is 0 Å². The molecule has 8 heteroatoms. The molecule has 3 rings (SSSR count). The third-order valence-corrected chi connectivity index (χ3v) is 5.45. The lowest BCUT2D eigenvalue weighted by atomic mass is 10.1. The molecule has 30 heavy (non-hydrogen) atoms. The van der Waals surface area contributed by atoms with Crippen LogP contribution in [0.15, 0.2) is 41.3 Å². The number of carbonyl (C=O) groups is 3. The molecule has 0 aromatic heterocycles. The summed E-state index contributed by atoms with van der Waals surface area (Å²) < 4.78 is 5.33. The van der Waals surface area contributed by atoms with Crippen LogP contribution in [0.4, 0.5) is 10.5 Å². The van der Waals surface area contributed by atoms with Gasteiger partial charge in [0.1, 0.15) is 6.54 Å². The van der Waals surface area contributed by atoms with Gasteiger partial charge in [0.25, 0.3) is 11.1 Å². The monoisotopic (exact) mass is 426 g/mol. The van der Waals surface area contributed by atoms with Gasteiger partial charge in [-0.1, -0.05) is 12.1 Å². The van der Waals surface area contributed by atoms with Crippen LogP contribution in [0.25, 0.3) is 6.08 Å². The second-order valence-electron chi connectivity index (χ2n) is 6.78. The minimum atomic E-state index is -0.536. The molecule has 0 atom stereocenters. The molecule has 0 spiro atoms. The van der Waals surface area contributed by atoms with Gasteiger partial charge in [-0.2, -0.15) is 0 Å². The first kappa shape index (κ1) is 21.4. The summed E-state index contributed by atoms with van der Waals surface area (Å²) >= 11 is 0.768. The molecule has 0 aliphatic carbocycles. The highest BCUT2D eigenvalue weighted by atomic mass is 32.2. The van der Waals surface area contributed by atoms with Crippen molar-refractivity contribution >= 4 is 40.6 Å². The number of phenols is 1. The molecular formula is C22H22N2O5S. The van der Waals surface area contributed by atoms with E-state index in [1.165, 1.54) is 12.1 Å². The maximum Gasteiger partial charge on any atom is 0.294 e. The number of aryl methyl sites for hydroxylation is 2. The molecule has 3 amide bonds. The van der Waals surface area contributed by atoms with Crippen LogP contribution in [-0.4, -0.2) is 40.2 Å². The number of amides is 3. The summed E-state index contributed by atoms with van der Waals surface area (Å²) in [5.74, 6) is -0.709. The van der Waals surface area contributed by atoms with Gasteiger partial charge in [0.15, 0.2) is 11.5 Å². The Hall–Kier alpha value is -3.26. The van der Waals surface area contributed by atoms with Crippen LogP contribution in [0.2, 0.25) is 0 Å². The molecule has 0 saturated carbocycles. The Kier molecular flexibility index (Phi) is 6.47. The predicted octanol–water partition coefficient (Wildman–Crippen LogP) is 4.08. The van der Waals surface area contributed by atoms with Crippen LogP contribution in [0, 0.1) is 13.8 Å². The van der Waals surface area contributed by atoms with Gasteiger partial charge < -0.3 is 15.2 Å². The van der Waals surface area contributed by atoms with Crippen LogP contribution in [0.5, 0.6) is 11.5 Å². The van der Waals surface area contributed by atoms with Crippen LogP contribution < -0.4 is 10.1 Å². The average molecular weight is 426 g/mol. The van der Waals surface area contributed by atoms with Crippen LogP contribution >= 0.6 is 11.8 Å². The number of aromatic hydroxyl groups is 1. The van der Waals surface area contributed by atoms with Crippen LogP contribution in [-0.2, 0) is 9.59 Å². The third-order valence-electron chi connectivity index (χ3n) is 4.55. The van der Waals surface area contributed by atoms with Crippen molar-refractivity contribution in [3.8, 4) is 11.5 Å². The van der Waals surface area contributed by atoms with E-state index in [1.54, 1.807) is 25.1 Å². The Balaban J connectivity index is 1.71.